The molecule has 1 aromatic heterocycles. The largest absolute Gasteiger partial charge is 0.356 e. The fourth-order valence-electron chi connectivity index (χ4n) is 1.74. The standard InChI is InChI=1S/C15H17N3S/c1-11-5-7-13(8-6-11)12(2)17-15(19)18-14-4-3-9-16-10-14/h3-10,12H,1-2H3,(H2,17,18,19)/t12-/m0/s1. The average Bonchev–Trinajstić information content (AvgIpc) is 2.40. The second kappa shape index (κ2) is 6.29. The van der Waals surface area contributed by atoms with E-state index in [1.807, 2.05) is 12.1 Å². The molecule has 0 saturated heterocycles. The van der Waals surface area contributed by atoms with Gasteiger partial charge in [0.2, 0.25) is 0 Å². The Morgan fingerprint density at radius 2 is 1.95 bits per heavy atom. The van der Waals surface area contributed by atoms with Gasteiger partial charge in [-0.25, -0.2) is 0 Å². The summed E-state index contributed by atoms with van der Waals surface area (Å²) in [5.74, 6) is 0. The molecule has 0 aliphatic carbocycles. The maximum absolute atomic E-state index is 5.29. The zero-order chi connectivity index (χ0) is 13.7. The van der Waals surface area contributed by atoms with Gasteiger partial charge in [-0.15, -0.1) is 0 Å². The van der Waals surface area contributed by atoms with Gasteiger partial charge in [-0.3, -0.25) is 4.98 Å². The Morgan fingerprint density at radius 1 is 1.21 bits per heavy atom. The van der Waals surface area contributed by atoms with Crippen LogP contribution in [-0.2, 0) is 0 Å². The molecule has 0 amide bonds. The number of hydrogen-bond donors (Lipinski definition) is 2. The Hall–Kier alpha value is -1.94. The van der Waals surface area contributed by atoms with Gasteiger partial charge < -0.3 is 10.6 Å². The minimum absolute atomic E-state index is 0.164. The fraction of sp³-hybridized carbons (Fsp3) is 0.200. The molecule has 0 unspecified atom stereocenters. The summed E-state index contributed by atoms with van der Waals surface area (Å²) in [5, 5.41) is 6.97. The number of nitrogens with zero attached hydrogens (tertiary/aromatic N) is 1. The zero-order valence-electron chi connectivity index (χ0n) is 11.1. The van der Waals surface area contributed by atoms with E-state index in [0.717, 1.165) is 5.69 Å². The van der Waals surface area contributed by atoms with Gasteiger partial charge in [-0.1, -0.05) is 29.8 Å². The van der Waals surface area contributed by atoms with Crippen LogP contribution in [0.3, 0.4) is 0 Å². The third kappa shape index (κ3) is 4.03. The molecule has 0 fully saturated rings. The van der Waals surface area contributed by atoms with Crippen molar-refractivity contribution in [3.05, 3.63) is 59.9 Å². The molecule has 0 bridgehead atoms. The van der Waals surface area contributed by atoms with Crippen molar-refractivity contribution < 1.29 is 0 Å². The summed E-state index contributed by atoms with van der Waals surface area (Å²) in [6.45, 7) is 4.17. The molecular formula is C15H17N3S. The van der Waals surface area contributed by atoms with Crippen molar-refractivity contribution >= 4 is 23.0 Å². The second-order valence-electron chi connectivity index (χ2n) is 4.47. The Bertz CT molecular complexity index is 537. The highest BCUT2D eigenvalue weighted by molar-refractivity contribution is 7.80. The summed E-state index contributed by atoms with van der Waals surface area (Å²) < 4.78 is 0. The smallest absolute Gasteiger partial charge is 0.171 e. The quantitative estimate of drug-likeness (QED) is 0.839. The molecule has 0 radical (unpaired) electrons. The molecule has 2 rings (SSSR count). The van der Waals surface area contributed by atoms with Gasteiger partial charge in [-0.05, 0) is 43.8 Å². The van der Waals surface area contributed by atoms with Crippen molar-refractivity contribution in [2.45, 2.75) is 19.9 Å². The number of aryl methyl sites for hydroxylation is 1. The maximum Gasteiger partial charge on any atom is 0.171 e. The molecule has 0 spiro atoms. The molecule has 1 aromatic carbocycles. The maximum atomic E-state index is 5.29. The van der Waals surface area contributed by atoms with Gasteiger partial charge in [0.1, 0.15) is 0 Å². The second-order valence-corrected chi connectivity index (χ2v) is 4.88. The van der Waals surface area contributed by atoms with Crippen molar-refractivity contribution in [3.8, 4) is 0 Å². The van der Waals surface area contributed by atoms with Crippen molar-refractivity contribution in [1.82, 2.24) is 10.3 Å². The van der Waals surface area contributed by atoms with Gasteiger partial charge in [-0.2, -0.15) is 0 Å². The van der Waals surface area contributed by atoms with Crippen molar-refractivity contribution in [2.75, 3.05) is 5.32 Å². The van der Waals surface area contributed by atoms with Crippen LogP contribution < -0.4 is 10.6 Å². The van der Waals surface area contributed by atoms with E-state index in [9.17, 15) is 0 Å². The normalized spacial score (nSPS) is 11.7. The molecular weight excluding hydrogens is 254 g/mol. The summed E-state index contributed by atoms with van der Waals surface area (Å²) in [4.78, 5) is 4.03. The molecule has 4 heteroatoms. The Morgan fingerprint density at radius 3 is 2.58 bits per heavy atom. The third-order valence-corrected chi connectivity index (χ3v) is 3.06. The van der Waals surface area contributed by atoms with Crippen molar-refractivity contribution in [1.29, 1.82) is 0 Å². The number of pyridine rings is 1. The topological polar surface area (TPSA) is 37.0 Å². The molecule has 3 nitrogen and oxygen atoms in total. The number of rotatable bonds is 3. The highest BCUT2D eigenvalue weighted by atomic mass is 32.1. The SMILES string of the molecule is Cc1ccc([C@H](C)NC(=S)Nc2cccnc2)cc1. The van der Waals surface area contributed by atoms with E-state index >= 15 is 0 Å². The van der Waals surface area contributed by atoms with Crippen LogP contribution in [0.4, 0.5) is 5.69 Å². The fourth-order valence-corrected chi connectivity index (χ4v) is 2.03. The number of anilines is 1. The lowest BCUT2D eigenvalue weighted by Gasteiger charge is -2.17. The summed E-state index contributed by atoms with van der Waals surface area (Å²) in [5.41, 5.74) is 3.35. The van der Waals surface area contributed by atoms with E-state index in [-0.39, 0.29) is 6.04 Å². The molecule has 98 valence electrons. The zero-order valence-corrected chi connectivity index (χ0v) is 11.9. The average molecular weight is 271 g/mol. The summed E-state index contributed by atoms with van der Waals surface area (Å²) >= 11 is 5.29. The number of thiocarbonyl (C=S) groups is 1. The van der Waals surface area contributed by atoms with Crippen molar-refractivity contribution in [3.63, 3.8) is 0 Å². The number of benzene rings is 1. The first kappa shape index (κ1) is 13.5. The van der Waals surface area contributed by atoms with Crippen LogP contribution in [-0.4, -0.2) is 10.1 Å². The first-order valence-corrected chi connectivity index (χ1v) is 6.60. The van der Waals surface area contributed by atoms with E-state index in [2.05, 4.69) is 53.7 Å². The lowest BCUT2D eigenvalue weighted by Crippen LogP contribution is -2.30. The minimum Gasteiger partial charge on any atom is -0.356 e. The predicted octanol–water partition coefficient (Wildman–Crippen LogP) is 3.44. The molecule has 0 aliphatic heterocycles. The van der Waals surface area contributed by atoms with Crippen LogP contribution in [0, 0.1) is 6.92 Å². The molecule has 1 heterocycles. The van der Waals surface area contributed by atoms with Gasteiger partial charge in [0.25, 0.3) is 0 Å². The third-order valence-electron chi connectivity index (χ3n) is 2.84. The first-order chi connectivity index (χ1) is 9.15. The molecule has 19 heavy (non-hydrogen) atoms. The molecule has 0 saturated carbocycles. The van der Waals surface area contributed by atoms with E-state index < -0.39 is 0 Å². The molecule has 2 N–H and O–H groups in total. The monoisotopic (exact) mass is 271 g/mol. The summed E-state index contributed by atoms with van der Waals surface area (Å²) in [7, 11) is 0. The Kier molecular flexibility index (Phi) is 4.47. The Balaban J connectivity index is 1.93. The first-order valence-electron chi connectivity index (χ1n) is 6.19. The lowest BCUT2D eigenvalue weighted by molar-refractivity contribution is 0.722. The molecule has 1 atom stereocenters. The van der Waals surface area contributed by atoms with Gasteiger partial charge in [0.05, 0.1) is 17.9 Å². The molecule has 0 aliphatic rings. The van der Waals surface area contributed by atoms with Crippen LogP contribution in [0.1, 0.15) is 24.1 Å². The van der Waals surface area contributed by atoms with Gasteiger partial charge in [0, 0.05) is 6.20 Å². The van der Waals surface area contributed by atoms with Crippen LogP contribution in [0.25, 0.3) is 0 Å². The van der Waals surface area contributed by atoms with Crippen LogP contribution in [0.2, 0.25) is 0 Å². The number of hydrogen-bond acceptors (Lipinski definition) is 2. The lowest BCUT2D eigenvalue weighted by atomic mass is 10.1. The molecule has 2 aromatic rings. The predicted molar refractivity (Wildman–Crippen MR) is 83.2 cm³/mol. The van der Waals surface area contributed by atoms with E-state index in [1.165, 1.54) is 11.1 Å². The Labute approximate surface area is 119 Å². The van der Waals surface area contributed by atoms with E-state index in [0.29, 0.717) is 5.11 Å². The van der Waals surface area contributed by atoms with E-state index in [1.54, 1.807) is 12.4 Å². The highest BCUT2D eigenvalue weighted by Gasteiger charge is 2.06. The van der Waals surface area contributed by atoms with Crippen molar-refractivity contribution in [2.24, 2.45) is 0 Å². The minimum atomic E-state index is 0.164. The summed E-state index contributed by atoms with van der Waals surface area (Å²) in [6, 6.07) is 12.4. The van der Waals surface area contributed by atoms with E-state index in [4.69, 9.17) is 12.2 Å². The van der Waals surface area contributed by atoms with Gasteiger partial charge in [0.15, 0.2) is 5.11 Å². The van der Waals surface area contributed by atoms with Gasteiger partial charge >= 0.3 is 0 Å². The summed E-state index contributed by atoms with van der Waals surface area (Å²) in [6.07, 6.45) is 3.47. The number of nitrogens with one attached hydrogen (secondary N) is 2. The van der Waals surface area contributed by atoms with Crippen LogP contribution >= 0.6 is 12.2 Å². The number of aromatic nitrogens is 1. The van der Waals surface area contributed by atoms with Crippen LogP contribution in [0.15, 0.2) is 48.8 Å². The highest BCUT2D eigenvalue weighted by Crippen LogP contribution is 2.13. The van der Waals surface area contributed by atoms with Crippen LogP contribution in [0.5, 0.6) is 0 Å².